The quantitative estimate of drug-likeness (QED) is 0.765. The van der Waals surface area contributed by atoms with Crippen molar-refractivity contribution in [3.63, 3.8) is 0 Å². The number of carbonyl (C=O) groups is 1. The molecule has 0 spiro atoms. The molecule has 17 heavy (non-hydrogen) atoms. The van der Waals surface area contributed by atoms with Gasteiger partial charge in [-0.1, -0.05) is 0 Å². The highest BCUT2D eigenvalue weighted by molar-refractivity contribution is 7.09. The average Bonchev–Trinajstić information content (AvgIpc) is 3.02. The first-order valence-corrected chi connectivity index (χ1v) is 7.00. The van der Waals surface area contributed by atoms with E-state index in [2.05, 4.69) is 15.6 Å². The van der Waals surface area contributed by atoms with Crippen molar-refractivity contribution in [1.29, 1.82) is 0 Å². The van der Waals surface area contributed by atoms with Crippen LogP contribution in [0.5, 0.6) is 0 Å². The Kier molecular flexibility index (Phi) is 4.50. The van der Waals surface area contributed by atoms with E-state index in [-0.39, 0.29) is 5.91 Å². The van der Waals surface area contributed by atoms with Gasteiger partial charge in [0, 0.05) is 24.0 Å². The average molecular weight is 253 g/mol. The maximum Gasteiger partial charge on any atom is 0.233 e. The Morgan fingerprint density at radius 3 is 3.06 bits per heavy atom. The third-order valence-electron chi connectivity index (χ3n) is 2.74. The van der Waals surface area contributed by atoms with Crippen LogP contribution < -0.4 is 10.6 Å². The van der Waals surface area contributed by atoms with Gasteiger partial charge in [-0.15, -0.1) is 11.3 Å². The van der Waals surface area contributed by atoms with Gasteiger partial charge in [0.15, 0.2) is 0 Å². The predicted molar refractivity (Wildman–Crippen MR) is 69.2 cm³/mol. The normalized spacial score (nSPS) is 14.9. The molecular weight excluding hydrogens is 234 g/mol. The Labute approximate surface area is 106 Å². The summed E-state index contributed by atoms with van der Waals surface area (Å²) >= 11 is 1.65. The SMILES string of the molecule is Cc1csc(CCNC(=O)CNCC2CC2)n1. The van der Waals surface area contributed by atoms with Crippen LogP contribution in [-0.4, -0.2) is 30.5 Å². The largest absolute Gasteiger partial charge is 0.355 e. The smallest absolute Gasteiger partial charge is 0.233 e. The second-order valence-electron chi connectivity index (χ2n) is 4.56. The molecule has 2 rings (SSSR count). The lowest BCUT2D eigenvalue weighted by molar-refractivity contribution is -0.120. The molecule has 0 saturated heterocycles. The van der Waals surface area contributed by atoms with E-state index in [9.17, 15) is 4.79 Å². The first-order chi connectivity index (χ1) is 8.24. The summed E-state index contributed by atoms with van der Waals surface area (Å²) in [5.74, 6) is 0.903. The number of rotatable bonds is 7. The third kappa shape index (κ3) is 4.83. The molecule has 0 atom stereocenters. The molecule has 0 unspecified atom stereocenters. The summed E-state index contributed by atoms with van der Waals surface area (Å²) < 4.78 is 0. The van der Waals surface area contributed by atoms with Crippen molar-refractivity contribution in [2.75, 3.05) is 19.6 Å². The zero-order chi connectivity index (χ0) is 12.1. The molecule has 1 aromatic heterocycles. The molecule has 1 aromatic rings. The maximum absolute atomic E-state index is 11.4. The standard InChI is InChI=1S/C12H19N3OS/c1-9-8-17-12(15-9)4-5-14-11(16)7-13-6-10-2-3-10/h8,10,13H,2-7H2,1H3,(H,14,16). The minimum atomic E-state index is 0.0823. The number of carbonyl (C=O) groups excluding carboxylic acids is 1. The molecule has 94 valence electrons. The highest BCUT2D eigenvalue weighted by Gasteiger charge is 2.20. The number of aryl methyl sites for hydroxylation is 1. The molecule has 0 bridgehead atoms. The molecule has 0 aromatic carbocycles. The van der Waals surface area contributed by atoms with E-state index >= 15 is 0 Å². The van der Waals surface area contributed by atoms with Crippen molar-refractivity contribution >= 4 is 17.2 Å². The summed E-state index contributed by atoms with van der Waals surface area (Å²) in [7, 11) is 0. The highest BCUT2D eigenvalue weighted by atomic mass is 32.1. The van der Waals surface area contributed by atoms with E-state index in [1.807, 2.05) is 12.3 Å². The zero-order valence-electron chi connectivity index (χ0n) is 10.2. The molecule has 1 heterocycles. The number of thiazole rings is 1. The predicted octanol–water partition coefficient (Wildman–Crippen LogP) is 1.11. The van der Waals surface area contributed by atoms with Gasteiger partial charge in [-0.05, 0) is 32.2 Å². The topological polar surface area (TPSA) is 54.0 Å². The van der Waals surface area contributed by atoms with Crippen LogP contribution in [-0.2, 0) is 11.2 Å². The Bertz CT molecular complexity index is 374. The molecular formula is C12H19N3OS. The van der Waals surface area contributed by atoms with Crippen molar-refractivity contribution in [3.05, 3.63) is 16.1 Å². The van der Waals surface area contributed by atoms with E-state index < -0.39 is 0 Å². The number of nitrogens with zero attached hydrogens (tertiary/aromatic N) is 1. The molecule has 2 N–H and O–H groups in total. The lowest BCUT2D eigenvalue weighted by Gasteiger charge is -2.05. The van der Waals surface area contributed by atoms with E-state index in [1.165, 1.54) is 12.8 Å². The minimum Gasteiger partial charge on any atom is -0.355 e. The summed E-state index contributed by atoms with van der Waals surface area (Å²) in [6.45, 7) is 4.09. The first kappa shape index (κ1) is 12.5. The number of hydrogen-bond acceptors (Lipinski definition) is 4. The zero-order valence-corrected chi connectivity index (χ0v) is 11.0. The van der Waals surface area contributed by atoms with Gasteiger partial charge in [0.2, 0.25) is 5.91 Å². The summed E-state index contributed by atoms with van der Waals surface area (Å²) in [6.07, 6.45) is 3.46. The Hall–Kier alpha value is -0.940. The molecule has 1 saturated carbocycles. The van der Waals surface area contributed by atoms with Crippen molar-refractivity contribution in [3.8, 4) is 0 Å². The lowest BCUT2D eigenvalue weighted by Crippen LogP contribution is -2.35. The van der Waals surface area contributed by atoms with E-state index in [4.69, 9.17) is 0 Å². The van der Waals surface area contributed by atoms with Gasteiger partial charge in [-0.25, -0.2) is 4.98 Å². The van der Waals surface area contributed by atoms with Crippen molar-refractivity contribution in [2.45, 2.75) is 26.2 Å². The summed E-state index contributed by atoms with van der Waals surface area (Å²) in [6, 6.07) is 0. The van der Waals surface area contributed by atoms with E-state index in [0.717, 1.165) is 29.6 Å². The van der Waals surface area contributed by atoms with Crippen molar-refractivity contribution in [2.24, 2.45) is 5.92 Å². The number of nitrogens with one attached hydrogen (secondary N) is 2. The van der Waals surface area contributed by atoms with Crippen LogP contribution in [0.4, 0.5) is 0 Å². The van der Waals surface area contributed by atoms with Crippen LogP contribution in [0.2, 0.25) is 0 Å². The minimum absolute atomic E-state index is 0.0823. The Morgan fingerprint density at radius 1 is 1.59 bits per heavy atom. The van der Waals surface area contributed by atoms with Crippen LogP contribution in [0.3, 0.4) is 0 Å². The maximum atomic E-state index is 11.4. The highest BCUT2D eigenvalue weighted by Crippen LogP contribution is 2.27. The van der Waals surface area contributed by atoms with E-state index in [1.54, 1.807) is 11.3 Å². The molecule has 0 aliphatic heterocycles. The Morgan fingerprint density at radius 2 is 2.41 bits per heavy atom. The van der Waals surface area contributed by atoms with E-state index in [0.29, 0.717) is 13.1 Å². The number of amides is 1. The Balaban J connectivity index is 1.53. The summed E-state index contributed by atoms with van der Waals surface area (Å²) in [5, 5.41) is 9.20. The van der Waals surface area contributed by atoms with Crippen LogP contribution in [0.1, 0.15) is 23.5 Å². The molecule has 1 amide bonds. The van der Waals surface area contributed by atoms with Gasteiger partial charge in [0.05, 0.1) is 11.6 Å². The number of aromatic nitrogens is 1. The fourth-order valence-electron chi connectivity index (χ4n) is 1.60. The molecule has 1 fully saturated rings. The molecule has 4 nitrogen and oxygen atoms in total. The second kappa shape index (κ2) is 6.12. The van der Waals surface area contributed by atoms with Gasteiger partial charge in [-0.2, -0.15) is 0 Å². The fourth-order valence-corrected chi connectivity index (χ4v) is 2.38. The molecule has 1 aliphatic carbocycles. The monoisotopic (exact) mass is 253 g/mol. The van der Waals surface area contributed by atoms with Gasteiger partial charge >= 0.3 is 0 Å². The van der Waals surface area contributed by atoms with Gasteiger partial charge in [0.25, 0.3) is 0 Å². The molecule has 5 heteroatoms. The van der Waals surface area contributed by atoms with Crippen LogP contribution >= 0.6 is 11.3 Å². The first-order valence-electron chi connectivity index (χ1n) is 6.12. The lowest BCUT2D eigenvalue weighted by atomic mass is 10.4. The van der Waals surface area contributed by atoms with Crippen molar-refractivity contribution < 1.29 is 4.79 Å². The second-order valence-corrected chi connectivity index (χ2v) is 5.50. The van der Waals surface area contributed by atoms with Crippen LogP contribution in [0.15, 0.2) is 5.38 Å². The van der Waals surface area contributed by atoms with Gasteiger partial charge in [0.1, 0.15) is 0 Å². The summed E-state index contributed by atoms with van der Waals surface area (Å²) in [4.78, 5) is 15.8. The van der Waals surface area contributed by atoms with Crippen LogP contribution in [0, 0.1) is 12.8 Å². The van der Waals surface area contributed by atoms with Crippen molar-refractivity contribution in [1.82, 2.24) is 15.6 Å². The summed E-state index contributed by atoms with van der Waals surface area (Å²) in [5.41, 5.74) is 1.06. The van der Waals surface area contributed by atoms with Gasteiger partial charge in [-0.3, -0.25) is 4.79 Å². The molecule has 0 radical (unpaired) electrons. The fraction of sp³-hybridized carbons (Fsp3) is 0.667. The van der Waals surface area contributed by atoms with Crippen LogP contribution in [0.25, 0.3) is 0 Å². The number of hydrogen-bond donors (Lipinski definition) is 2. The van der Waals surface area contributed by atoms with Gasteiger partial charge < -0.3 is 10.6 Å². The molecule has 1 aliphatic rings. The third-order valence-corrected chi connectivity index (χ3v) is 3.77.